The summed E-state index contributed by atoms with van der Waals surface area (Å²) in [5, 5.41) is 3.26. The molecule has 4 rings (SSSR count). The van der Waals surface area contributed by atoms with E-state index in [0.29, 0.717) is 6.04 Å². The molecular formula is C22H25N5O. The van der Waals surface area contributed by atoms with E-state index in [4.69, 9.17) is 4.74 Å². The fourth-order valence-corrected chi connectivity index (χ4v) is 3.77. The third-order valence-corrected chi connectivity index (χ3v) is 5.17. The smallest absolute Gasteiger partial charge is 0.133 e. The minimum absolute atomic E-state index is 0.303. The van der Waals surface area contributed by atoms with Crippen molar-refractivity contribution in [2.24, 2.45) is 0 Å². The van der Waals surface area contributed by atoms with Crippen LogP contribution in [0.5, 0.6) is 5.75 Å². The summed E-state index contributed by atoms with van der Waals surface area (Å²) in [6.45, 7) is 9.39. The Labute approximate surface area is 165 Å². The molecule has 28 heavy (non-hydrogen) atoms. The average molecular weight is 375 g/mol. The normalized spacial score (nSPS) is 17.3. The maximum Gasteiger partial charge on any atom is 0.133 e. The molecule has 1 unspecified atom stereocenters. The van der Waals surface area contributed by atoms with Gasteiger partial charge in [-0.05, 0) is 31.4 Å². The fraction of sp³-hybridized carbons (Fsp3) is 0.273. The number of nitrogens with zero attached hydrogens (tertiary/aromatic N) is 4. The predicted molar refractivity (Wildman–Crippen MR) is 114 cm³/mol. The van der Waals surface area contributed by atoms with Gasteiger partial charge < -0.3 is 19.9 Å². The summed E-state index contributed by atoms with van der Waals surface area (Å²) in [7, 11) is 1.65. The topological polar surface area (TPSA) is 53.5 Å². The van der Waals surface area contributed by atoms with Crippen LogP contribution >= 0.6 is 0 Å². The highest BCUT2D eigenvalue weighted by Crippen LogP contribution is 2.42. The highest BCUT2D eigenvalue weighted by molar-refractivity contribution is 5.78. The fourth-order valence-electron chi connectivity index (χ4n) is 3.77. The molecule has 0 spiro atoms. The summed E-state index contributed by atoms with van der Waals surface area (Å²) in [5.41, 5.74) is 4.36. The monoisotopic (exact) mass is 375 g/mol. The number of methoxy groups -OCH3 is 1. The molecule has 0 radical (unpaired) electrons. The number of nitrogens with one attached hydrogen (secondary N) is 1. The van der Waals surface area contributed by atoms with E-state index in [1.54, 1.807) is 13.3 Å². The number of aromatic nitrogens is 2. The van der Waals surface area contributed by atoms with Gasteiger partial charge >= 0.3 is 0 Å². The first-order valence-electron chi connectivity index (χ1n) is 9.47. The lowest BCUT2D eigenvalue weighted by atomic mass is 10.0. The molecule has 6 heteroatoms. The maximum atomic E-state index is 5.24. The Balaban J connectivity index is 1.39. The molecule has 0 bridgehead atoms. The standard InChI is InChI=1S/C22H25N5O/c1-16(25-22-14-18(28-3)8-11-24-22)6-4-12-26-17(2)19-7-5-13-27(19)20-9-10-23-15-21(20)26/h5,8-11,13-15,19H,1-2,4,6-7,12H2,3H3,(H,24,25). The molecule has 0 aliphatic carbocycles. The Morgan fingerprint density at radius 3 is 3.07 bits per heavy atom. The van der Waals surface area contributed by atoms with Crippen molar-refractivity contribution >= 4 is 17.2 Å². The molecular weight excluding hydrogens is 350 g/mol. The van der Waals surface area contributed by atoms with Crippen molar-refractivity contribution < 1.29 is 4.74 Å². The predicted octanol–water partition coefficient (Wildman–Crippen LogP) is 4.32. The van der Waals surface area contributed by atoms with Gasteiger partial charge in [0.2, 0.25) is 0 Å². The molecule has 2 aliphatic heterocycles. The number of pyridine rings is 2. The van der Waals surface area contributed by atoms with Crippen LogP contribution in [-0.2, 0) is 0 Å². The van der Waals surface area contributed by atoms with E-state index >= 15 is 0 Å². The Morgan fingerprint density at radius 1 is 1.32 bits per heavy atom. The van der Waals surface area contributed by atoms with Crippen molar-refractivity contribution in [1.82, 2.24) is 9.97 Å². The van der Waals surface area contributed by atoms with E-state index in [2.05, 4.69) is 56.6 Å². The molecule has 4 heterocycles. The lowest BCUT2D eigenvalue weighted by molar-refractivity contribution is 0.414. The highest BCUT2D eigenvalue weighted by Gasteiger charge is 2.34. The number of rotatable bonds is 7. The molecule has 0 saturated carbocycles. The summed E-state index contributed by atoms with van der Waals surface area (Å²) >= 11 is 0. The molecule has 0 saturated heterocycles. The number of allylic oxidation sites excluding steroid dienone is 1. The minimum Gasteiger partial charge on any atom is -0.497 e. The van der Waals surface area contributed by atoms with E-state index in [-0.39, 0.29) is 0 Å². The zero-order chi connectivity index (χ0) is 19.5. The van der Waals surface area contributed by atoms with Gasteiger partial charge in [-0.2, -0.15) is 0 Å². The minimum atomic E-state index is 0.303. The number of hydrogen-bond acceptors (Lipinski definition) is 6. The van der Waals surface area contributed by atoms with Gasteiger partial charge in [0.05, 0.1) is 30.7 Å². The quantitative estimate of drug-likeness (QED) is 0.778. The van der Waals surface area contributed by atoms with Gasteiger partial charge in [0, 0.05) is 42.6 Å². The van der Waals surface area contributed by atoms with Gasteiger partial charge in [-0.25, -0.2) is 4.98 Å². The van der Waals surface area contributed by atoms with E-state index < -0.39 is 0 Å². The Morgan fingerprint density at radius 2 is 2.21 bits per heavy atom. The number of anilines is 3. The number of hydrogen-bond donors (Lipinski definition) is 1. The van der Waals surface area contributed by atoms with Crippen molar-refractivity contribution in [3.63, 3.8) is 0 Å². The first kappa shape index (κ1) is 18.1. The Hall–Kier alpha value is -3.28. The van der Waals surface area contributed by atoms with Gasteiger partial charge in [-0.15, -0.1) is 0 Å². The van der Waals surface area contributed by atoms with Crippen LogP contribution in [0.25, 0.3) is 0 Å². The van der Waals surface area contributed by atoms with Crippen molar-refractivity contribution in [2.45, 2.75) is 25.3 Å². The van der Waals surface area contributed by atoms with Crippen LogP contribution in [0.15, 0.2) is 73.6 Å². The molecule has 2 aromatic rings. The Kier molecular flexibility index (Phi) is 5.02. The molecule has 6 nitrogen and oxygen atoms in total. The molecule has 0 aromatic carbocycles. The largest absolute Gasteiger partial charge is 0.497 e. The van der Waals surface area contributed by atoms with Crippen LogP contribution < -0.4 is 19.9 Å². The van der Waals surface area contributed by atoms with Crippen LogP contribution in [0, 0.1) is 0 Å². The van der Waals surface area contributed by atoms with Crippen molar-refractivity contribution in [2.75, 3.05) is 28.8 Å². The lowest BCUT2D eigenvalue weighted by Gasteiger charge is -2.42. The average Bonchev–Trinajstić information content (AvgIpc) is 3.21. The van der Waals surface area contributed by atoms with E-state index in [9.17, 15) is 0 Å². The van der Waals surface area contributed by atoms with Crippen LogP contribution in [0.3, 0.4) is 0 Å². The first-order chi connectivity index (χ1) is 13.7. The highest BCUT2D eigenvalue weighted by atomic mass is 16.5. The first-order valence-corrected chi connectivity index (χ1v) is 9.47. The van der Waals surface area contributed by atoms with Gasteiger partial charge in [0.15, 0.2) is 0 Å². The summed E-state index contributed by atoms with van der Waals surface area (Å²) in [6, 6.07) is 6.06. The second kappa shape index (κ2) is 7.76. The molecule has 1 N–H and O–H groups in total. The summed E-state index contributed by atoms with van der Waals surface area (Å²) in [6.07, 6.45) is 12.6. The SMILES string of the molecule is C=C(CCCN1C(=C)C2CC=CN2c2ccncc21)Nc1cc(OC)ccn1. The zero-order valence-electron chi connectivity index (χ0n) is 16.1. The Bertz CT molecular complexity index is 923. The van der Waals surface area contributed by atoms with Gasteiger partial charge in [-0.1, -0.05) is 19.2 Å². The van der Waals surface area contributed by atoms with Crippen LogP contribution in [0.1, 0.15) is 19.3 Å². The number of ether oxygens (including phenoxy) is 1. The van der Waals surface area contributed by atoms with Gasteiger partial charge in [0.25, 0.3) is 0 Å². The summed E-state index contributed by atoms with van der Waals surface area (Å²) in [5.74, 6) is 1.52. The van der Waals surface area contributed by atoms with Crippen LogP contribution in [-0.4, -0.2) is 29.7 Å². The van der Waals surface area contributed by atoms with E-state index in [1.165, 1.54) is 5.69 Å². The molecule has 144 valence electrons. The second-order valence-corrected chi connectivity index (χ2v) is 6.96. The van der Waals surface area contributed by atoms with Crippen molar-refractivity contribution in [3.8, 4) is 5.75 Å². The molecule has 0 amide bonds. The molecule has 1 atom stereocenters. The van der Waals surface area contributed by atoms with Crippen molar-refractivity contribution in [3.05, 3.63) is 73.6 Å². The third-order valence-electron chi connectivity index (χ3n) is 5.17. The maximum absolute atomic E-state index is 5.24. The van der Waals surface area contributed by atoms with Crippen LogP contribution in [0.2, 0.25) is 0 Å². The summed E-state index contributed by atoms with van der Waals surface area (Å²) < 4.78 is 5.24. The lowest BCUT2D eigenvalue weighted by Crippen LogP contribution is -2.42. The summed E-state index contributed by atoms with van der Waals surface area (Å²) in [4.78, 5) is 13.2. The zero-order valence-corrected chi connectivity index (χ0v) is 16.1. The van der Waals surface area contributed by atoms with Crippen molar-refractivity contribution in [1.29, 1.82) is 0 Å². The number of fused-ring (bicyclic) bond motifs is 3. The van der Waals surface area contributed by atoms with E-state index in [1.807, 2.05) is 24.5 Å². The van der Waals surface area contributed by atoms with Crippen LogP contribution in [0.4, 0.5) is 17.2 Å². The van der Waals surface area contributed by atoms with E-state index in [0.717, 1.165) is 54.5 Å². The van der Waals surface area contributed by atoms with Gasteiger partial charge in [-0.3, -0.25) is 4.98 Å². The molecule has 0 fully saturated rings. The molecule has 2 aliphatic rings. The molecule has 2 aromatic heterocycles. The second-order valence-electron chi connectivity index (χ2n) is 6.96. The third kappa shape index (κ3) is 3.45. The van der Waals surface area contributed by atoms with Gasteiger partial charge in [0.1, 0.15) is 11.6 Å².